The van der Waals surface area contributed by atoms with E-state index in [0.29, 0.717) is 0 Å². The highest BCUT2D eigenvalue weighted by atomic mass is 79.9. The maximum Gasteiger partial charge on any atom is 0.305 e. The van der Waals surface area contributed by atoms with Crippen LogP contribution in [-0.2, 0) is 0 Å². The van der Waals surface area contributed by atoms with Gasteiger partial charge in [-0.25, -0.2) is 0 Å². The summed E-state index contributed by atoms with van der Waals surface area (Å²) in [7, 11) is 5.58. The highest BCUT2D eigenvalue weighted by Crippen LogP contribution is 2.21. The number of hydrogen-bond donors (Lipinski definition) is 0. The third-order valence-corrected chi connectivity index (χ3v) is 11.7. The maximum atomic E-state index is 12.9. The van der Waals surface area contributed by atoms with Crippen molar-refractivity contribution in [3.05, 3.63) is 205 Å². The lowest BCUT2D eigenvalue weighted by atomic mass is 10.0. The number of hydrogen-bond acceptors (Lipinski definition) is 10. The van der Waals surface area contributed by atoms with Crippen LogP contribution in [0.5, 0.6) is 5.75 Å². The summed E-state index contributed by atoms with van der Waals surface area (Å²) in [6, 6.07) is 42.6. The third kappa shape index (κ3) is 24.5. The molecule has 6 aromatic carbocycles. The average Bonchev–Trinajstić information content (AvgIpc) is 3.41. The smallest absolute Gasteiger partial charge is 0.305 e. The minimum absolute atomic E-state index is 0.0494. The Hall–Kier alpha value is -7.25. The molecule has 0 saturated carbocycles. The number of ketones is 6. The molecule has 0 N–H and O–H groups in total. The summed E-state index contributed by atoms with van der Waals surface area (Å²) in [6.45, 7) is 24.5. The maximum absolute atomic E-state index is 12.9. The van der Waals surface area contributed by atoms with E-state index >= 15 is 0 Å². The first kappa shape index (κ1) is 67.8. The van der Waals surface area contributed by atoms with Crippen molar-refractivity contribution in [3.63, 3.8) is 0 Å². The summed E-state index contributed by atoms with van der Waals surface area (Å²) in [5, 5.41) is 10.4. The van der Waals surface area contributed by atoms with Crippen molar-refractivity contribution in [3.8, 4) is 5.75 Å². The molecular formula is C64H78BrFN2O9. The van der Waals surface area contributed by atoms with E-state index in [0.717, 1.165) is 55.9 Å². The molecule has 0 heterocycles. The minimum Gasteiger partial charge on any atom is -0.497 e. The van der Waals surface area contributed by atoms with Crippen molar-refractivity contribution in [2.45, 2.75) is 90.0 Å². The quantitative estimate of drug-likeness (QED) is 0.0550. The predicted molar refractivity (Wildman–Crippen MR) is 314 cm³/mol. The molecule has 0 aliphatic rings. The van der Waals surface area contributed by atoms with E-state index in [1.54, 1.807) is 45.2 Å². The van der Waals surface area contributed by atoms with Crippen LogP contribution in [0, 0.1) is 58.4 Å². The fraction of sp³-hybridized carbons (Fsp3) is 0.344. The Balaban J connectivity index is 0.000000463. The number of halogens is 2. The summed E-state index contributed by atoms with van der Waals surface area (Å²) < 4.78 is 18.9. The molecule has 11 nitrogen and oxygen atoms in total. The van der Waals surface area contributed by atoms with E-state index in [4.69, 9.17) is 4.74 Å². The van der Waals surface area contributed by atoms with Gasteiger partial charge in [0.1, 0.15) is 5.75 Å². The lowest BCUT2D eigenvalue weighted by molar-refractivity contribution is -0.387. The van der Waals surface area contributed by atoms with Crippen molar-refractivity contribution in [1.82, 2.24) is 0 Å². The Morgan fingerprint density at radius 2 is 0.766 bits per heavy atom. The van der Waals surface area contributed by atoms with Gasteiger partial charge in [-0.2, -0.15) is 4.39 Å². The van der Waals surface area contributed by atoms with Gasteiger partial charge in [-0.1, -0.05) is 171 Å². The zero-order valence-corrected chi connectivity index (χ0v) is 49.2. The van der Waals surface area contributed by atoms with Crippen LogP contribution in [-0.4, -0.2) is 60.8 Å². The van der Waals surface area contributed by atoms with Crippen LogP contribution in [0.4, 0.5) is 15.8 Å². The number of Topliss-reactive ketones (excluding diaryl/α,β-unsaturated/α-hetero) is 6. The highest BCUT2D eigenvalue weighted by Gasteiger charge is 2.19. The van der Waals surface area contributed by atoms with Crippen molar-refractivity contribution in [1.29, 1.82) is 0 Å². The van der Waals surface area contributed by atoms with Gasteiger partial charge in [0.25, 0.3) is 0 Å². The fourth-order valence-corrected chi connectivity index (χ4v) is 6.68. The first-order valence-corrected chi connectivity index (χ1v) is 26.3. The van der Waals surface area contributed by atoms with Crippen molar-refractivity contribution in [2.24, 2.45) is 35.5 Å². The average molecular weight is 1120 g/mol. The van der Waals surface area contributed by atoms with Crippen molar-refractivity contribution < 1.29 is 42.8 Å². The Kier molecular flexibility index (Phi) is 30.3. The van der Waals surface area contributed by atoms with Crippen LogP contribution in [0.15, 0.2) is 150 Å². The van der Waals surface area contributed by atoms with Gasteiger partial charge < -0.3 is 9.64 Å². The van der Waals surface area contributed by atoms with Gasteiger partial charge in [0, 0.05) is 99.2 Å². The molecule has 0 bridgehead atoms. The number of methoxy groups -OCH3 is 1. The normalized spacial score (nSPS) is 10.3. The molecule has 0 amide bonds. The van der Waals surface area contributed by atoms with Crippen LogP contribution in [0.2, 0.25) is 0 Å². The van der Waals surface area contributed by atoms with Crippen LogP contribution in [0.3, 0.4) is 0 Å². The second-order valence-electron chi connectivity index (χ2n) is 19.9. The van der Waals surface area contributed by atoms with E-state index in [1.807, 2.05) is 198 Å². The van der Waals surface area contributed by atoms with Gasteiger partial charge >= 0.3 is 5.69 Å². The van der Waals surface area contributed by atoms with Crippen LogP contribution in [0.1, 0.15) is 151 Å². The molecule has 0 fully saturated rings. The van der Waals surface area contributed by atoms with Crippen LogP contribution >= 0.6 is 15.9 Å². The van der Waals surface area contributed by atoms with Crippen LogP contribution in [0.25, 0.3) is 0 Å². The van der Waals surface area contributed by atoms with E-state index in [2.05, 4.69) is 15.9 Å². The molecule has 0 unspecified atom stereocenters. The number of anilines is 1. The summed E-state index contributed by atoms with van der Waals surface area (Å²) in [5.74, 6) is 0.722. The molecule has 6 aromatic rings. The first-order chi connectivity index (χ1) is 36.0. The molecule has 0 aliphatic heterocycles. The van der Waals surface area contributed by atoms with Gasteiger partial charge in [-0.05, 0) is 79.7 Å². The van der Waals surface area contributed by atoms with Gasteiger partial charge in [-0.3, -0.25) is 38.9 Å². The molecule has 6 rings (SSSR count). The molecule has 0 radical (unpaired) electrons. The zero-order valence-electron chi connectivity index (χ0n) is 47.6. The number of nitrogens with zero attached hydrogens (tertiary/aromatic N) is 2. The Bertz CT molecular complexity index is 2740. The Morgan fingerprint density at radius 1 is 0.468 bits per heavy atom. The third-order valence-electron chi connectivity index (χ3n) is 11.1. The second kappa shape index (κ2) is 34.4. The number of nitro groups is 1. The standard InChI is InChI=1S/C12H17NO.C11H14O2.C11H14O.C10H11BrO.C10H10FNO3.C10H12O/c1-9(2)12(14)10-5-7-11(8-6-10)13(3)4;1-8(2)11(12)9-4-6-10(13-3)7-5-9;1-8(2)11(12)10-6-4-9(3)5-7-10;1-7(2)10(12)8-3-5-9(11)6-4-8;1-6(2)10(13)7-3-4-8(11)9(5-7)12(14)15;1-8(2)10(11)9-6-4-3-5-7-9/h5-9H,1-4H3;4-8H,1-3H3;4-8H,1-3H3;3-7H,1-2H3;3-6H,1-2H3;3-8H,1-2H3. The number of aryl methyl sites for hydroxylation is 1. The van der Waals surface area contributed by atoms with E-state index in [-0.39, 0.29) is 75.8 Å². The Morgan fingerprint density at radius 3 is 1.09 bits per heavy atom. The lowest BCUT2D eigenvalue weighted by Crippen LogP contribution is -2.10. The molecular weight excluding hydrogens is 1040 g/mol. The van der Waals surface area contributed by atoms with Gasteiger partial charge in [0.15, 0.2) is 34.7 Å². The van der Waals surface area contributed by atoms with Gasteiger partial charge in [0.2, 0.25) is 5.82 Å². The summed E-state index contributed by atoms with van der Waals surface area (Å²) in [4.78, 5) is 80.4. The SMILES string of the molecule is CC(C)C(=O)c1ccc(Br)cc1.CC(C)C(=O)c1ccc(F)c([N+](=O)[O-])c1.CC(C)C(=O)c1ccc(N(C)C)cc1.CC(C)C(=O)c1ccccc1.COc1ccc(C(=O)C(C)C)cc1.Cc1ccc(C(=O)C(C)C)cc1. The molecule has 0 atom stereocenters. The number of rotatable bonds is 15. The zero-order chi connectivity index (χ0) is 58.7. The molecule has 412 valence electrons. The second-order valence-corrected chi connectivity index (χ2v) is 20.9. The van der Waals surface area contributed by atoms with Crippen LogP contribution < -0.4 is 9.64 Å². The molecule has 0 aromatic heterocycles. The molecule has 77 heavy (non-hydrogen) atoms. The van der Waals surface area contributed by atoms with Gasteiger partial charge in [0.05, 0.1) is 12.0 Å². The monoisotopic (exact) mass is 1120 g/mol. The Labute approximate surface area is 464 Å². The number of ether oxygens (including phenoxy) is 1. The largest absolute Gasteiger partial charge is 0.497 e. The van der Waals surface area contributed by atoms with E-state index in [1.165, 1.54) is 11.6 Å². The highest BCUT2D eigenvalue weighted by molar-refractivity contribution is 9.10. The summed E-state index contributed by atoms with van der Waals surface area (Å²) in [5.41, 5.74) is 5.76. The lowest BCUT2D eigenvalue weighted by Gasteiger charge is -2.12. The van der Waals surface area contributed by atoms with Gasteiger partial charge in [-0.15, -0.1) is 0 Å². The summed E-state index contributed by atoms with van der Waals surface area (Å²) in [6.07, 6.45) is 0. The first-order valence-electron chi connectivity index (χ1n) is 25.5. The predicted octanol–water partition coefficient (Wildman–Crippen LogP) is 16.3. The minimum atomic E-state index is -0.930. The number of nitro benzene ring substituents is 1. The number of carbonyl (C=O) groups is 6. The fourth-order valence-electron chi connectivity index (χ4n) is 6.42. The molecule has 13 heteroatoms. The van der Waals surface area contributed by atoms with Crippen molar-refractivity contribution in [2.75, 3.05) is 26.1 Å². The van der Waals surface area contributed by atoms with E-state index in [9.17, 15) is 43.3 Å². The van der Waals surface area contributed by atoms with Crippen molar-refractivity contribution >= 4 is 62.0 Å². The topological polar surface area (TPSA) is 158 Å². The van der Waals surface area contributed by atoms with E-state index < -0.39 is 16.4 Å². The summed E-state index contributed by atoms with van der Waals surface area (Å²) >= 11 is 3.32. The number of carbonyl (C=O) groups excluding carboxylic acids is 6. The molecule has 0 aliphatic carbocycles. The molecule has 0 saturated heterocycles. The molecule has 0 spiro atoms. The number of benzene rings is 6.